The number of anilines is 1. The smallest absolute Gasteiger partial charge is 0.252 e. The van der Waals surface area contributed by atoms with Crippen LogP contribution in [-0.4, -0.2) is 61.3 Å². The van der Waals surface area contributed by atoms with Gasteiger partial charge in [0.1, 0.15) is 5.69 Å². The Balaban J connectivity index is 2.16. The number of ether oxygens (including phenoxy) is 1. The van der Waals surface area contributed by atoms with Crippen LogP contribution in [0.3, 0.4) is 0 Å². The van der Waals surface area contributed by atoms with E-state index in [-0.39, 0.29) is 23.5 Å². The summed E-state index contributed by atoms with van der Waals surface area (Å²) in [5.74, 6) is -3.61. The molecule has 0 aromatic carbocycles. The van der Waals surface area contributed by atoms with Crippen LogP contribution in [0, 0.1) is 18.3 Å². The van der Waals surface area contributed by atoms with Crippen LogP contribution >= 0.6 is 11.6 Å². The average Bonchev–Trinajstić information content (AvgIpc) is 3.18. The molecule has 1 aromatic heterocycles. The number of allylic oxidation sites excluding steroid dienone is 4. The Morgan fingerprint density at radius 2 is 2.24 bits per heavy atom. The molecular weight excluding hydrogens is 488 g/mol. The molecule has 1 aliphatic carbocycles. The van der Waals surface area contributed by atoms with Gasteiger partial charge in [-0.15, -0.1) is 6.42 Å². The second-order valence-electron chi connectivity index (χ2n) is 7.82. The third-order valence-electron chi connectivity index (χ3n) is 5.30. The molecule has 0 spiro atoms. The van der Waals surface area contributed by atoms with E-state index in [0.717, 1.165) is 11.3 Å². The van der Waals surface area contributed by atoms with Crippen molar-refractivity contribution in [3.63, 3.8) is 0 Å². The van der Waals surface area contributed by atoms with E-state index in [2.05, 4.69) is 17.6 Å². The van der Waals surface area contributed by atoms with E-state index in [1.54, 1.807) is 25.3 Å². The van der Waals surface area contributed by atoms with E-state index in [0.29, 0.717) is 5.70 Å². The third kappa shape index (κ3) is 7.52. The van der Waals surface area contributed by atoms with Crippen LogP contribution in [0.15, 0.2) is 37.1 Å². The number of amides is 1. The predicted octanol–water partition coefficient (Wildman–Crippen LogP) is 3.97. The Bertz CT molecular complexity index is 1100. The summed E-state index contributed by atoms with van der Waals surface area (Å²) in [4.78, 5) is 13.9. The molecule has 34 heavy (non-hydrogen) atoms. The molecule has 1 saturated carbocycles. The largest absolute Gasteiger partial charge is 0.377 e. The second-order valence-corrected chi connectivity index (χ2v) is 10.4. The summed E-state index contributed by atoms with van der Waals surface area (Å²) in [6.45, 7) is 5.57. The standard InChI is InChI=1S/C23H28ClF2N3O4S/c1-5-12-28(21(30)11-13-34(31,32)16-17-14-23(17,25)26)20-15-29(27-22(20)24)18(6-2)9-8-10-19(7-3)33-4/h1,6,8-10,15,17,19H,2,7,11-14,16H2,3-4H3. The molecule has 0 bridgehead atoms. The van der Waals surface area contributed by atoms with Gasteiger partial charge in [0.05, 0.1) is 36.0 Å². The Kier molecular flexibility index (Phi) is 9.62. The number of hydrogen-bond donors (Lipinski definition) is 0. The minimum absolute atomic E-state index is 0.0239. The highest BCUT2D eigenvalue weighted by atomic mass is 35.5. The van der Waals surface area contributed by atoms with Crippen molar-refractivity contribution in [2.45, 2.75) is 38.2 Å². The molecular formula is C23H28ClF2N3O4S. The molecule has 1 heterocycles. The number of carbonyl (C=O) groups excluding carboxylic acids is 1. The number of aromatic nitrogens is 2. The van der Waals surface area contributed by atoms with Gasteiger partial charge in [0, 0.05) is 25.9 Å². The third-order valence-corrected chi connectivity index (χ3v) is 7.31. The maximum Gasteiger partial charge on any atom is 0.252 e. The first kappa shape index (κ1) is 27.8. The number of nitrogens with zero attached hydrogens (tertiary/aromatic N) is 3. The number of methoxy groups -OCH3 is 1. The summed E-state index contributed by atoms with van der Waals surface area (Å²) in [6, 6.07) is 0. The molecule has 0 N–H and O–H groups in total. The zero-order chi connectivity index (χ0) is 25.5. The number of hydrogen-bond acceptors (Lipinski definition) is 5. The highest BCUT2D eigenvalue weighted by molar-refractivity contribution is 7.91. The lowest BCUT2D eigenvalue weighted by atomic mass is 10.2. The Hall–Kier alpha value is -2.48. The predicted molar refractivity (Wildman–Crippen MR) is 129 cm³/mol. The zero-order valence-electron chi connectivity index (χ0n) is 19.1. The van der Waals surface area contributed by atoms with Crippen LogP contribution in [-0.2, 0) is 19.4 Å². The molecule has 11 heteroatoms. The normalized spacial score (nSPS) is 18.5. The Labute approximate surface area is 204 Å². The van der Waals surface area contributed by atoms with Crippen molar-refractivity contribution in [1.82, 2.24) is 9.78 Å². The number of sulfone groups is 1. The first-order valence-electron chi connectivity index (χ1n) is 10.6. The van der Waals surface area contributed by atoms with Crippen molar-refractivity contribution in [1.29, 1.82) is 0 Å². The molecule has 0 aliphatic heterocycles. The van der Waals surface area contributed by atoms with E-state index in [4.69, 9.17) is 22.8 Å². The van der Waals surface area contributed by atoms with Crippen LogP contribution in [0.5, 0.6) is 0 Å². The molecule has 0 saturated heterocycles. The second kappa shape index (κ2) is 11.8. The van der Waals surface area contributed by atoms with Crippen LogP contribution in [0.1, 0.15) is 26.2 Å². The van der Waals surface area contributed by atoms with Gasteiger partial charge in [0.2, 0.25) is 5.91 Å². The van der Waals surface area contributed by atoms with Crippen molar-refractivity contribution in [2.75, 3.05) is 30.1 Å². The highest BCUT2D eigenvalue weighted by Gasteiger charge is 2.58. The number of rotatable bonds is 13. The van der Waals surface area contributed by atoms with Crippen molar-refractivity contribution >= 4 is 38.7 Å². The lowest BCUT2D eigenvalue weighted by molar-refractivity contribution is -0.118. The summed E-state index contributed by atoms with van der Waals surface area (Å²) in [6.07, 6.45) is 13.7. The number of alkyl halides is 2. The molecule has 186 valence electrons. The molecule has 2 unspecified atom stereocenters. The van der Waals surface area contributed by atoms with E-state index < -0.39 is 51.9 Å². The van der Waals surface area contributed by atoms with Gasteiger partial charge < -0.3 is 4.74 Å². The van der Waals surface area contributed by atoms with Gasteiger partial charge >= 0.3 is 0 Å². The van der Waals surface area contributed by atoms with Crippen molar-refractivity contribution in [3.05, 3.63) is 42.2 Å². The van der Waals surface area contributed by atoms with Gasteiger partial charge in [-0.3, -0.25) is 9.69 Å². The van der Waals surface area contributed by atoms with Crippen LogP contribution < -0.4 is 4.90 Å². The topological polar surface area (TPSA) is 81.5 Å². The van der Waals surface area contributed by atoms with Gasteiger partial charge in [-0.25, -0.2) is 21.9 Å². The maximum atomic E-state index is 13.1. The SMILES string of the molecule is C#CCN(C(=O)CCS(=O)(=O)CC1CC1(F)F)c1cn(C(C=C)=CC=CC(CC)OC)nc1Cl. The molecule has 1 aliphatic rings. The summed E-state index contributed by atoms with van der Waals surface area (Å²) < 4.78 is 57.1. The van der Waals surface area contributed by atoms with Crippen LogP contribution in [0.25, 0.3) is 5.70 Å². The van der Waals surface area contributed by atoms with Crippen LogP contribution in [0.4, 0.5) is 14.5 Å². The van der Waals surface area contributed by atoms with E-state index >= 15 is 0 Å². The number of carbonyl (C=O) groups is 1. The fraction of sp³-hybridized carbons (Fsp3) is 0.478. The highest BCUT2D eigenvalue weighted by Crippen LogP contribution is 2.49. The molecule has 0 radical (unpaired) electrons. The van der Waals surface area contributed by atoms with Gasteiger partial charge in [-0.1, -0.05) is 43.2 Å². The molecule has 1 fully saturated rings. The summed E-state index contributed by atoms with van der Waals surface area (Å²) in [5.41, 5.74) is 0.743. The van der Waals surface area contributed by atoms with Crippen molar-refractivity contribution in [2.24, 2.45) is 5.92 Å². The fourth-order valence-corrected chi connectivity index (χ4v) is 5.03. The monoisotopic (exact) mass is 515 g/mol. The fourth-order valence-electron chi connectivity index (χ4n) is 3.17. The minimum atomic E-state index is -3.83. The molecule has 1 amide bonds. The first-order chi connectivity index (χ1) is 16.0. The van der Waals surface area contributed by atoms with Gasteiger partial charge in [-0.2, -0.15) is 5.10 Å². The number of halogens is 3. The molecule has 2 rings (SSSR count). The Morgan fingerprint density at radius 3 is 2.76 bits per heavy atom. The van der Waals surface area contributed by atoms with E-state index in [9.17, 15) is 22.0 Å². The number of terminal acetylenes is 1. The first-order valence-corrected chi connectivity index (χ1v) is 12.8. The summed E-state index contributed by atoms with van der Waals surface area (Å²) in [7, 11) is -2.22. The van der Waals surface area contributed by atoms with Gasteiger partial charge in [0.15, 0.2) is 15.0 Å². The lowest BCUT2D eigenvalue weighted by Gasteiger charge is -2.18. The van der Waals surface area contributed by atoms with Gasteiger partial charge in [0.25, 0.3) is 5.92 Å². The lowest BCUT2D eigenvalue weighted by Crippen LogP contribution is -2.33. The summed E-state index contributed by atoms with van der Waals surface area (Å²) >= 11 is 6.25. The molecule has 1 aromatic rings. The van der Waals surface area contributed by atoms with E-state index in [1.165, 1.54) is 10.9 Å². The average molecular weight is 516 g/mol. The van der Waals surface area contributed by atoms with Gasteiger partial charge in [-0.05, 0) is 18.6 Å². The Morgan fingerprint density at radius 1 is 1.56 bits per heavy atom. The summed E-state index contributed by atoms with van der Waals surface area (Å²) in [5, 5.41) is 4.17. The zero-order valence-corrected chi connectivity index (χ0v) is 20.7. The van der Waals surface area contributed by atoms with Crippen molar-refractivity contribution in [3.8, 4) is 12.3 Å². The molecule has 2 atom stereocenters. The molecule has 7 nitrogen and oxygen atoms in total. The van der Waals surface area contributed by atoms with Crippen LogP contribution in [0.2, 0.25) is 5.15 Å². The quantitative estimate of drug-likeness (QED) is 0.293. The minimum Gasteiger partial charge on any atom is -0.377 e. The maximum absolute atomic E-state index is 13.1. The van der Waals surface area contributed by atoms with Crippen molar-refractivity contribution < 1.29 is 26.7 Å². The van der Waals surface area contributed by atoms with E-state index in [1.807, 2.05) is 13.0 Å².